The molecule has 0 spiro atoms. The second-order valence-corrected chi connectivity index (χ2v) is 13.1. The van der Waals surface area contributed by atoms with E-state index in [4.69, 9.17) is 26.6 Å². The van der Waals surface area contributed by atoms with Crippen LogP contribution in [0.5, 0.6) is 0 Å². The van der Waals surface area contributed by atoms with E-state index >= 15 is 0 Å². The van der Waals surface area contributed by atoms with Crippen LogP contribution < -0.4 is 5.19 Å². The molecule has 0 saturated heterocycles. The largest absolute Gasteiger partial charge is 0.500 e. The molecule has 0 saturated carbocycles. The molecule has 6 nitrogen and oxygen atoms in total. The van der Waals surface area contributed by atoms with Crippen LogP contribution in [0.1, 0.15) is 11.1 Å². The highest BCUT2D eigenvalue weighted by molar-refractivity contribution is 6.61. The maximum Gasteiger partial charge on any atom is 0.500 e. The van der Waals surface area contributed by atoms with Crippen molar-refractivity contribution in [1.82, 2.24) is 0 Å². The van der Waals surface area contributed by atoms with Crippen LogP contribution in [0, 0.1) is 0 Å². The van der Waals surface area contributed by atoms with Gasteiger partial charge in [0.2, 0.25) is 0 Å². The van der Waals surface area contributed by atoms with Crippen molar-refractivity contribution in [3.8, 4) is 0 Å². The molecule has 0 unspecified atom stereocenters. The Kier molecular flexibility index (Phi) is 9.70. The molecule has 0 radical (unpaired) electrons. The molecule has 0 N–H and O–H groups in total. The van der Waals surface area contributed by atoms with Gasteiger partial charge < -0.3 is 26.6 Å². The van der Waals surface area contributed by atoms with Gasteiger partial charge in [0, 0.05) is 65.0 Å². The lowest BCUT2D eigenvalue weighted by Gasteiger charge is -2.25. The molecule has 0 aliphatic carbocycles. The molecule has 25 heavy (non-hydrogen) atoms. The van der Waals surface area contributed by atoms with Gasteiger partial charge in [0.1, 0.15) is 0 Å². The van der Waals surface area contributed by atoms with E-state index in [0.717, 1.165) is 35.2 Å². The third kappa shape index (κ3) is 6.08. The van der Waals surface area contributed by atoms with Gasteiger partial charge in [0.15, 0.2) is 0 Å². The summed E-state index contributed by atoms with van der Waals surface area (Å²) in [5.41, 5.74) is 2.62. The average molecular weight is 405 g/mol. The van der Waals surface area contributed by atoms with E-state index in [2.05, 4.69) is 18.2 Å². The summed E-state index contributed by atoms with van der Waals surface area (Å²) in [6, 6.07) is 8.19. The number of benzene rings is 1. The summed E-state index contributed by atoms with van der Waals surface area (Å²) < 4.78 is 33.0. The molecular weight excluding hydrogens is 372 g/mol. The van der Waals surface area contributed by atoms with Gasteiger partial charge in [0.05, 0.1) is 0 Å². The Labute approximate surface area is 156 Å². The van der Waals surface area contributed by atoms with E-state index in [9.17, 15) is 0 Å². The Morgan fingerprint density at radius 3 is 1.56 bits per heavy atom. The number of hydrogen-bond acceptors (Lipinski definition) is 6. The fourth-order valence-corrected chi connectivity index (χ4v) is 7.07. The van der Waals surface area contributed by atoms with Crippen molar-refractivity contribution in [2.75, 3.05) is 42.7 Å². The van der Waals surface area contributed by atoms with Crippen LogP contribution in [0.4, 0.5) is 0 Å². The van der Waals surface area contributed by atoms with Crippen molar-refractivity contribution < 1.29 is 26.6 Å². The molecule has 9 heteroatoms. The lowest BCUT2D eigenvalue weighted by molar-refractivity contribution is 0.123. The summed E-state index contributed by atoms with van der Waals surface area (Å²) in [5.74, 6) is 0. The van der Waals surface area contributed by atoms with Crippen LogP contribution in [0.3, 0.4) is 0 Å². The maximum absolute atomic E-state index is 5.50. The molecule has 1 aromatic rings. The zero-order chi connectivity index (χ0) is 18.9. The smallest absolute Gasteiger partial charge is 0.377 e. The molecule has 0 atom stereocenters. The molecule has 144 valence electrons. The first-order valence-corrected chi connectivity index (χ1v) is 13.2. The average Bonchev–Trinajstić information content (AvgIpc) is 2.66. The molecule has 0 bridgehead atoms. The van der Waals surface area contributed by atoms with E-state index in [-0.39, 0.29) is 0 Å². The van der Waals surface area contributed by atoms with Crippen LogP contribution in [-0.2, 0) is 39.4 Å². The summed E-state index contributed by atoms with van der Waals surface area (Å²) >= 11 is 0. The minimum atomic E-state index is -2.52. The topological polar surface area (TPSA) is 55.4 Å². The van der Waals surface area contributed by atoms with Gasteiger partial charge in [-0.3, -0.25) is 0 Å². The van der Waals surface area contributed by atoms with Gasteiger partial charge in [-0.15, -0.1) is 0 Å². The fraction of sp³-hybridized carbons (Fsp3) is 0.625. The summed E-state index contributed by atoms with van der Waals surface area (Å²) in [4.78, 5) is 0. The Morgan fingerprint density at radius 1 is 0.720 bits per heavy atom. The van der Waals surface area contributed by atoms with Gasteiger partial charge in [-0.25, -0.2) is 0 Å². The van der Waals surface area contributed by atoms with Crippen molar-refractivity contribution in [2.45, 2.75) is 24.9 Å². The third-order valence-corrected chi connectivity index (χ3v) is 11.1. The molecule has 0 aliphatic heterocycles. The van der Waals surface area contributed by atoms with Gasteiger partial charge >= 0.3 is 17.6 Å². The lowest BCUT2D eigenvalue weighted by atomic mass is 10.1. The Bertz CT molecular complexity index is 504. The van der Waals surface area contributed by atoms with Crippen molar-refractivity contribution in [3.05, 3.63) is 29.3 Å². The monoisotopic (exact) mass is 404 g/mol. The predicted molar refractivity (Wildman–Crippen MR) is 107 cm³/mol. The number of rotatable bonds is 12. The van der Waals surface area contributed by atoms with Crippen molar-refractivity contribution in [3.63, 3.8) is 0 Å². The predicted octanol–water partition coefficient (Wildman–Crippen LogP) is 0.519. The van der Waals surface area contributed by atoms with Gasteiger partial charge in [-0.05, 0) is 24.0 Å². The number of hydrogen-bond donors (Lipinski definition) is 0. The standard InChI is InChI=1S/C16H32O6Si3/c1-17-24(18-2,19-3)11-9-14-7-8-15(16(23)13-14)10-12-25(20-4,21-5)22-6/h7-8,13H,9-12H2,1-6,23H3. The molecule has 0 amide bonds. The highest BCUT2D eigenvalue weighted by atomic mass is 28.4. The normalized spacial score (nSPS) is 12.7. The van der Waals surface area contributed by atoms with E-state index in [0.29, 0.717) is 0 Å². The lowest BCUT2D eigenvalue weighted by Crippen LogP contribution is -2.43. The molecule has 0 heterocycles. The van der Waals surface area contributed by atoms with E-state index in [1.165, 1.54) is 16.3 Å². The second kappa shape index (κ2) is 10.7. The highest BCUT2D eigenvalue weighted by Crippen LogP contribution is 2.19. The van der Waals surface area contributed by atoms with Gasteiger partial charge in [-0.1, -0.05) is 23.4 Å². The Hall–Kier alpha value is -0.369. The molecule has 1 aromatic carbocycles. The van der Waals surface area contributed by atoms with E-state index in [1.807, 2.05) is 0 Å². The minimum absolute atomic E-state index is 0.768. The fourth-order valence-electron chi connectivity index (χ4n) is 2.89. The zero-order valence-electron chi connectivity index (χ0n) is 16.5. The number of aryl methyl sites for hydroxylation is 2. The highest BCUT2D eigenvalue weighted by Gasteiger charge is 2.38. The first-order valence-electron chi connectivity index (χ1n) is 8.33. The molecule has 1 rings (SSSR count). The summed E-state index contributed by atoms with van der Waals surface area (Å²) in [6.07, 6.45) is 1.78. The van der Waals surface area contributed by atoms with Gasteiger partial charge in [-0.2, -0.15) is 0 Å². The van der Waals surface area contributed by atoms with Crippen molar-refractivity contribution in [1.29, 1.82) is 0 Å². The summed E-state index contributed by atoms with van der Waals surface area (Å²) in [5, 5.41) is 1.39. The SMILES string of the molecule is CO[Si](CCc1ccc(CC[Si](OC)(OC)OC)c([SiH3])c1)(OC)OC. The Morgan fingerprint density at radius 2 is 1.16 bits per heavy atom. The first-order chi connectivity index (χ1) is 11.9. The molecule has 0 aromatic heterocycles. The van der Waals surface area contributed by atoms with E-state index < -0.39 is 17.6 Å². The molecule has 0 aliphatic rings. The van der Waals surface area contributed by atoms with Crippen LogP contribution in [0.15, 0.2) is 18.2 Å². The van der Waals surface area contributed by atoms with Crippen LogP contribution in [0.2, 0.25) is 12.1 Å². The van der Waals surface area contributed by atoms with Crippen LogP contribution >= 0.6 is 0 Å². The maximum atomic E-state index is 5.50. The quantitative estimate of drug-likeness (QED) is 0.474. The molecular formula is C16H32O6Si3. The minimum Gasteiger partial charge on any atom is -0.377 e. The summed E-state index contributed by atoms with van der Waals surface area (Å²) in [6.45, 7) is 0. The van der Waals surface area contributed by atoms with Crippen LogP contribution in [0.25, 0.3) is 0 Å². The first kappa shape index (κ1) is 22.7. The third-order valence-electron chi connectivity index (χ3n) is 4.69. The Balaban J connectivity index is 2.74. The molecule has 0 fully saturated rings. The van der Waals surface area contributed by atoms with Crippen molar-refractivity contribution >= 4 is 33.0 Å². The summed E-state index contributed by atoms with van der Waals surface area (Å²) in [7, 11) is 5.87. The zero-order valence-corrected chi connectivity index (χ0v) is 20.5. The van der Waals surface area contributed by atoms with Gasteiger partial charge in [0.25, 0.3) is 0 Å². The van der Waals surface area contributed by atoms with Crippen molar-refractivity contribution in [2.24, 2.45) is 0 Å². The second-order valence-electron chi connectivity index (χ2n) is 5.85. The van der Waals surface area contributed by atoms with E-state index in [1.54, 1.807) is 42.7 Å². The van der Waals surface area contributed by atoms with Crippen LogP contribution in [-0.4, -0.2) is 70.5 Å².